The Morgan fingerprint density at radius 1 is 1.50 bits per heavy atom. The van der Waals surface area contributed by atoms with Gasteiger partial charge in [-0.15, -0.1) is 0 Å². The van der Waals surface area contributed by atoms with Crippen molar-refractivity contribution < 1.29 is 4.79 Å². The van der Waals surface area contributed by atoms with Crippen LogP contribution in [-0.4, -0.2) is 23.3 Å². The first kappa shape index (κ1) is 10.6. The van der Waals surface area contributed by atoms with E-state index in [4.69, 9.17) is 0 Å². The van der Waals surface area contributed by atoms with Gasteiger partial charge >= 0.3 is 6.03 Å². The van der Waals surface area contributed by atoms with Gasteiger partial charge in [0.15, 0.2) is 0 Å². The molecule has 0 fully saturated rings. The van der Waals surface area contributed by atoms with Gasteiger partial charge in [-0.05, 0) is 0 Å². The fourth-order valence-electron chi connectivity index (χ4n) is 0.955. The summed E-state index contributed by atoms with van der Waals surface area (Å²) in [5, 5.41) is 11.9. The lowest BCUT2D eigenvalue weighted by Gasteiger charge is -2.13. The monoisotopic (exact) mass is 196 g/mol. The zero-order valence-corrected chi connectivity index (χ0v) is 8.93. The number of carbonyl (C=O) groups excluding carboxylic acids is 1. The number of nitrogens with zero attached hydrogens (tertiary/aromatic N) is 1. The molecule has 78 valence electrons. The van der Waals surface area contributed by atoms with Crippen LogP contribution in [0.5, 0.6) is 0 Å². The van der Waals surface area contributed by atoms with E-state index < -0.39 is 0 Å². The number of H-pyrrole nitrogens is 1. The maximum absolute atomic E-state index is 11.0. The van der Waals surface area contributed by atoms with E-state index in [0.29, 0.717) is 5.82 Å². The van der Waals surface area contributed by atoms with Crippen molar-refractivity contribution in [1.82, 2.24) is 15.5 Å². The van der Waals surface area contributed by atoms with E-state index in [9.17, 15) is 4.79 Å². The Labute approximate surface area is 83.3 Å². The average molecular weight is 196 g/mol. The number of urea groups is 1. The van der Waals surface area contributed by atoms with E-state index in [2.05, 4.69) is 41.6 Å². The summed E-state index contributed by atoms with van der Waals surface area (Å²) in [4.78, 5) is 11.0. The van der Waals surface area contributed by atoms with E-state index in [0.717, 1.165) is 5.69 Å². The van der Waals surface area contributed by atoms with Gasteiger partial charge in [-0.2, -0.15) is 5.10 Å². The molecule has 1 rings (SSSR count). The number of anilines is 1. The van der Waals surface area contributed by atoms with Crippen molar-refractivity contribution in [2.24, 2.45) is 0 Å². The summed E-state index contributed by atoms with van der Waals surface area (Å²) in [6.07, 6.45) is 0. The first-order chi connectivity index (χ1) is 6.43. The minimum absolute atomic E-state index is 0.0148. The van der Waals surface area contributed by atoms with Crippen LogP contribution >= 0.6 is 0 Å². The molecule has 1 aromatic rings. The van der Waals surface area contributed by atoms with Gasteiger partial charge in [0.05, 0.1) is 5.69 Å². The first-order valence-corrected chi connectivity index (χ1v) is 4.48. The number of rotatable bonds is 1. The van der Waals surface area contributed by atoms with Crippen LogP contribution in [0.3, 0.4) is 0 Å². The van der Waals surface area contributed by atoms with Crippen LogP contribution in [0.4, 0.5) is 10.6 Å². The van der Waals surface area contributed by atoms with E-state index in [1.165, 1.54) is 0 Å². The second-order valence-electron chi connectivity index (χ2n) is 4.12. The predicted molar refractivity (Wildman–Crippen MR) is 55.4 cm³/mol. The molecule has 0 atom stereocenters. The van der Waals surface area contributed by atoms with Gasteiger partial charge in [-0.25, -0.2) is 4.79 Å². The zero-order valence-electron chi connectivity index (χ0n) is 8.93. The Morgan fingerprint density at radius 2 is 2.14 bits per heavy atom. The number of nitrogens with one attached hydrogen (secondary N) is 3. The molecule has 0 spiro atoms. The quantitative estimate of drug-likeness (QED) is 0.636. The smallest absolute Gasteiger partial charge is 0.320 e. The topological polar surface area (TPSA) is 69.8 Å². The summed E-state index contributed by atoms with van der Waals surface area (Å²) in [6.45, 7) is 6.19. The van der Waals surface area contributed by atoms with Crippen molar-refractivity contribution in [3.8, 4) is 0 Å². The Balaban J connectivity index is 2.74. The molecule has 5 heteroatoms. The first-order valence-electron chi connectivity index (χ1n) is 4.48. The molecule has 0 saturated carbocycles. The number of carbonyl (C=O) groups is 1. The Morgan fingerprint density at radius 3 is 2.57 bits per heavy atom. The molecular weight excluding hydrogens is 180 g/mol. The zero-order chi connectivity index (χ0) is 10.8. The molecule has 1 aromatic heterocycles. The molecule has 1 heterocycles. The highest BCUT2D eigenvalue weighted by Crippen LogP contribution is 2.21. The molecule has 14 heavy (non-hydrogen) atoms. The van der Waals surface area contributed by atoms with E-state index in [1.807, 2.05) is 6.07 Å². The van der Waals surface area contributed by atoms with Crippen molar-refractivity contribution in [2.75, 3.05) is 12.4 Å². The molecule has 0 bridgehead atoms. The second kappa shape index (κ2) is 3.69. The minimum atomic E-state index is -0.255. The second-order valence-corrected chi connectivity index (χ2v) is 4.12. The van der Waals surface area contributed by atoms with Crippen LogP contribution in [0.25, 0.3) is 0 Å². The molecule has 0 saturated heterocycles. The van der Waals surface area contributed by atoms with E-state index in [-0.39, 0.29) is 11.4 Å². The molecule has 0 unspecified atom stereocenters. The van der Waals surface area contributed by atoms with Gasteiger partial charge in [0.2, 0.25) is 0 Å². The van der Waals surface area contributed by atoms with Crippen molar-refractivity contribution >= 4 is 11.8 Å². The molecule has 0 aliphatic heterocycles. The lowest BCUT2D eigenvalue weighted by Crippen LogP contribution is -2.24. The Hall–Kier alpha value is -1.52. The van der Waals surface area contributed by atoms with Crippen molar-refractivity contribution in [3.63, 3.8) is 0 Å². The third-order valence-corrected chi connectivity index (χ3v) is 1.82. The summed E-state index contributed by atoms with van der Waals surface area (Å²) in [7, 11) is 1.57. The molecule has 0 aromatic carbocycles. The molecule has 2 amide bonds. The Bertz CT molecular complexity index is 324. The van der Waals surface area contributed by atoms with Gasteiger partial charge in [0, 0.05) is 18.5 Å². The van der Waals surface area contributed by atoms with Gasteiger partial charge in [-0.1, -0.05) is 20.8 Å². The number of amides is 2. The van der Waals surface area contributed by atoms with Gasteiger partial charge in [0.1, 0.15) is 5.82 Å². The van der Waals surface area contributed by atoms with E-state index >= 15 is 0 Å². The van der Waals surface area contributed by atoms with Crippen molar-refractivity contribution in [3.05, 3.63) is 11.8 Å². The number of aromatic amines is 1. The number of aromatic nitrogens is 2. The predicted octanol–water partition coefficient (Wildman–Crippen LogP) is 1.46. The lowest BCUT2D eigenvalue weighted by atomic mass is 9.92. The molecule has 0 radical (unpaired) electrons. The molecule has 0 aliphatic carbocycles. The molecule has 5 nitrogen and oxygen atoms in total. The third kappa shape index (κ3) is 2.48. The highest BCUT2D eigenvalue weighted by Gasteiger charge is 2.17. The molecular formula is C9H16N4O. The van der Waals surface area contributed by atoms with Crippen LogP contribution in [-0.2, 0) is 5.41 Å². The maximum atomic E-state index is 11.0. The molecule has 0 aliphatic rings. The molecule has 3 N–H and O–H groups in total. The maximum Gasteiger partial charge on any atom is 0.320 e. The summed E-state index contributed by atoms with van der Waals surface area (Å²) >= 11 is 0. The van der Waals surface area contributed by atoms with Crippen LogP contribution in [0, 0.1) is 0 Å². The highest BCUT2D eigenvalue weighted by molar-refractivity contribution is 5.87. The normalized spacial score (nSPS) is 11.1. The van der Waals surface area contributed by atoms with Gasteiger partial charge in [0.25, 0.3) is 0 Å². The lowest BCUT2D eigenvalue weighted by molar-refractivity contribution is 0.254. The van der Waals surface area contributed by atoms with Crippen molar-refractivity contribution in [2.45, 2.75) is 26.2 Å². The fraction of sp³-hybridized carbons (Fsp3) is 0.556. The van der Waals surface area contributed by atoms with Crippen LogP contribution in [0.2, 0.25) is 0 Å². The third-order valence-electron chi connectivity index (χ3n) is 1.82. The minimum Gasteiger partial charge on any atom is -0.341 e. The van der Waals surface area contributed by atoms with Gasteiger partial charge < -0.3 is 5.32 Å². The van der Waals surface area contributed by atoms with Crippen LogP contribution in [0.15, 0.2) is 6.07 Å². The van der Waals surface area contributed by atoms with Crippen LogP contribution in [0.1, 0.15) is 26.5 Å². The summed E-state index contributed by atoms with van der Waals surface area (Å²) in [6, 6.07) is 1.57. The summed E-state index contributed by atoms with van der Waals surface area (Å²) in [5.74, 6) is 0.606. The highest BCUT2D eigenvalue weighted by atomic mass is 16.2. The van der Waals surface area contributed by atoms with Crippen LogP contribution < -0.4 is 10.6 Å². The van der Waals surface area contributed by atoms with E-state index in [1.54, 1.807) is 7.05 Å². The van der Waals surface area contributed by atoms with Gasteiger partial charge in [-0.3, -0.25) is 10.4 Å². The Kier molecular flexibility index (Phi) is 2.78. The van der Waals surface area contributed by atoms with Crippen molar-refractivity contribution in [1.29, 1.82) is 0 Å². The number of hydrogen-bond acceptors (Lipinski definition) is 2. The summed E-state index contributed by atoms with van der Waals surface area (Å²) < 4.78 is 0. The average Bonchev–Trinajstić information content (AvgIpc) is 2.51. The largest absolute Gasteiger partial charge is 0.341 e. The fourth-order valence-corrected chi connectivity index (χ4v) is 0.955. The standard InChI is InChI=1S/C9H16N4O/c1-9(2,3)6-5-7(13-12-6)11-8(14)10-4/h5H,1-4H3,(H3,10,11,12,13,14). The summed E-state index contributed by atoms with van der Waals surface area (Å²) in [5.41, 5.74) is 0.906. The SMILES string of the molecule is CNC(=O)Nc1cc(C(C)(C)C)n[nH]1. The number of hydrogen-bond donors (Lipinski definition) is 3.